The van der Waals surface area contributed by atoms with E-state index in [0.29, 0.717) is 29.9 Å². The van der Waals surface area contributed by atoms with Crippen molar-refractivity contribution >= 4 is 35.2 Å². The van der Waals surface area contributed by atoms with Gasteiger partial charge < -0.3 is 25.6 Å². The van der Waals surface area contributed by atoms with Crippen molar-refractivity contribution in [2.24, 2.45) is 5.73 Å². The molecule has 22 heteroatoms. The lowest BCUT2D eigenvalue weighted by Crippen LogP contribution is -2.45. The van der Waals surface area contributed by atoms with E-state index in [2.05, 4.69) is 10.1 Å². The fourth-order valence-electron chi connectivity index (χ4n) is 2.82. The summed E-state index contributed by atoms with van der Waals surface area (Å²) in [6.45, 7) is 10.3. The first-order chi connectivity index (χ1) is 25.8. The molecule has 0 spiro atoms. The van der Waals surface area contributed by atoms with E-state index in [1.54, 1.807) is 7.11 Å². The number of alkyl halides is 12. The Kier molecular flexibility index (Phi) is 26.1. The first-order valence-electron chi connectivity index (χ1n) is 15.7. The molecule has 2 aromatic rings. The highest BCUT2D eigenvalue weighted by Crippen LogP contribution is 2.35. The summed E-state index contributed by atoms with van der Waals surface area (Å²) >= 11 is 0.890. The largest absolute Gasteiger partial charge is 0.507 e. The Labute approximate surface area is 324 Å². The summed E-state index contributed by atoms with van der Waals surface area (Å²) < 4.78 is 153. The summed E-state index contributed by atoms with van der Waals surface area (Å²) in [6, 6.07) is 3.26. The zero-order valence-electron chi connectivity index (χ0n) is 31.6. The number of nitrogens with two attached hydrogens (primary N) is 1. The van der Waals surface area contributed by atoms with Gasteiger partial charge in [-0.3, -0.25) is 14.4 Å². The minimum absolute atomic E-state index is 0.179. The van der Waals surface area contributed by atoms with Crippen LogP contribution in [0.4, 0.5) is 52.7 Å². The average Bonchev–Trinajstić information content (AvgIpc) is 3.09. The van der Waals surface area contributed by atoms with E-state index in [1.807, 2.05) is 6.92 Å². The standard InChI is InChI=1S/C16H10F6O3.C6H10N2O3S.2C5H7F3.C3H8O/c1-8-2-3-10(16(20,21)22)7-13(8)25-14(24)11-5-4-9(6-12(11)23)15(17,18)19;1-4(10)8-5(6(7)11)2-12-3-9;2*1-3-4(2)5(6,7)8;1-3-4-2/h2-7,23H,1H3;3,5H,2H2,1H3,(H2,7,11)(H,8,10);2*3H,1-2H3;3H2,1-2H3/b;;2*4-3+;. The summed E-state index contributed by atoms with van der Waals surface area (Å²) in [6.07, 6.45) is -15.6. The van der Waals surface area contributed by atoms with Gasteiger partial charge >= 0.3 is 30.7 Å². The van der Waals surface area contributed by atoms with Gasteiger partial charge in [0.25, 0.3) is 0 Å². The number of phenolic OH excluding ortho intramolecular Hbond substituents is 1. The second-order valence-electron chi connectivity index (χ2n) is 10.7. The quantitative estimate of drug-likeness (QED) is 0.0783. The number of allylic oxidation sites excluding steroid dienone is 4. The molecule has 324 valence electrons. The third kappa shape index (κ3) is 25.2. The maximum absolute atomic E-state index is 12.7. The lowest BCUT2D eigenvalue weighted by molar-refractivity contribution is -0.138. The third-order valence-corrected chi connectivity index (χ3v) is 7.03. The monoisotopic (exact) mass is 862 g/mol. The number of benzene rings is 2. The fourth-order valence-corrected chi connectivity index (χ4v) is 3.34. The van der Waals surface area contributed by atoms with Gasteiger partial charge in [0.1, 0.15) is 23.1 Å². The van der Waals surface area contributed by atoms with Crippen LogP contribution in [0.3, 0.4) is 0 Å². The molecule has 57 heavy (non-hydrogen) atoms. The molecule has 1 unspecified atom stereocenters. The average molecular weight is 863 g/mol. The molecule has 1 atom stereocenters. The molecule has 0 heterocycles. The highest BCUT2D eigenvalue weighted by Gasteiger charge is 2.33. The van der Waals surface area contributed by atoms with Crippen molar-refractivity contribution in [1.82, 2.24) is 5.32 Å². The topological polar surface area (TPSA) is 145 Å². The molecule has 2 rings (SSSR count). The van der Waals surface area contributed by atoms with Gasteiger partial charge in [-0.05, 0) is 77.4 Å². The summed E-state index contributed by atoms with van der Waals surface area (Å²) in [4.78, 5) is 43.0. The highest BCUT2D eigenvalue weighted by atomic mass is 32.2. The first-order valence-corrected chi connectivity index (χ1v) is 16.7. The van der Waals surface area contributed by atoms with E-state index < -0.39 is 82.0 Å². The molecule has 0 radical (unpaired) electrons. The van der Waals surface area contributed by atoms with Gasteiger partial charge in [0.05, 0.1) is 11.1 Å². The van der Waals surface area contributed by atoms with Crippen molar-refractivity contribution in [1.29, 1.82) is 0 Å². The van der Waals surface area contributed by atoms with Gasteiger partial charge in [-0.2, -0.15) is 52.7 Å². The number of phenols is 1. The van der Waals surface area contributed by atoms with Crippen molar-refractivity contribution in [3.63, 3.8) is 0 Å². The van der Waals surface area contributed by atoms with Crippen molar-refractivity contribution in [2.75, 3.05) is 19.5 Å². The Hall–Kier alpha value is -4.73. The van der Waals surface area contributed by atoms with Crippen molar-refractivity contribution < 1.29 is 86.4 Å². The number of aryl methyl sites for hydroxylation is 1. The number of esters is 1. The second-order valence-corrected chi connectivity index (χ2v) is 11.6. The molecule has 9 nitrogen and oxygen atoms in total. The van der Waals surface area contributed by atoms with E-state index >= 15 is 0 Å². The van der Waals surface area contributed by atoms with Crippen molar-refractivity contribution in [3.8, 4) is 11.5 Å². The number of hydrogen-bond donors (Lipinski definition) is 3. The number of rotatable bonds is 8. The second kappa shape index (κ2) is 26.2. The molecule has 0 aliphatic heterocycles. The lowest BCUT2D eigenvalue weighted by Gasteiger charge is -2.13. The smallest absolute Gasteiger partial charge is 0.416 e. The van der Waals surface area contributed by atoms with Gasteiger partial charge in [-0.1, -0.05) is 30.0 Å². The van der Waals surface area contributed by atoms with Crippen LogP contribution < -0.4 is 15.8 Å². The SMILES string of the molecule is C/C=C(\C)C(F)(F)F.C/C=C(\C)C(F)(F)F.CC(=O)NC(CSC=O)C(N)=O.CCOC.Cc1ccc(C(F)(F)F)cc1OC(=O)c1ccc(C(F)(F)F)cc1O. The van der Waals surface area contributed by atoms with E-state index in [-0.39, 0.29) is 17.2 Å². The van der Waals surface area contributed by atoms with Crippen LogP contribution in [0, 0.1) is 6.92 Å². The van der Waals surface area contributed by atoms with E-state index in [4.69, 9.17) is 10.5 Å². The number of thioether (sulfide) groups is 1. The predicted molar refractivity (Wildman–Crippen MR) is 189 cm³/mol. The minimum atomic E-state index is -4.72. The minimum Gasteiger partial charge on any atom is -0.507 e. The van der Waals surface area contributed by atoms with Gasteiger partial charge in [0, 0.05) is 37.5 Å². The Morgan fingerprint density at radius 1 is 0.825 bits per heavy atom. The molecular weight excluding hydrogens is 820 g/mol. The van der Waals surface area contributed by atoms with Gasteiger partial charge in [-0.15, -0.1) is 0 Å². The number of halogens is 12. The normalized spacial score (nSPS) is 12.4. The zero-order chi connectivity index (χ0) is 45.5. The molecule has 0 bridgehead atoms. The third-order valence-electron chi connectivity index (χ3n) is 6.36. The van der Waals surface area contributed by atoms with E-state index in [1.165, 1.54) is 27.7 Å². The summed E-state index contributed by atoms with van der Waals surface area (Å²) in [7, 11) is 1.68. The van der Waals surface area contributed by atoms with Gasteiger partial charge in [0.15, 0.2) is 5.62 Å². The molecule has 0 saturated heterocycles. The van der Waals surface area contributed by atoms with Crippen LogP contribution in [-0.2, 0) is 31.5 Å². The van der Waals surface area contributed by atoms with Crippen LogP contribution >= 0.6 is 11.8 Å². The number of carbonyl (C=O) groups excluding carboxylic acids is 4. The molecule has 2 aromatic carbocycles. The number of nitrogens with one attached hydrogen (secondary N) is 1. The van der Waals surface area contributed by atoms with Gasteiger partial charge in [-0.25, -0.2) is 4.79 Å². The summed E-state index contributed by atoms with van der Waals surface area (Å²) in [5, 5.41) is 11.9. The Bertz CT molecular complexity index is 1610. The van der Waals surface area contributed by atoms with E-state index in [9.17, 15) is 77.0 Å². The number of methoxy groups -OCH3 is 1. The highest BCUT2D eigenvalue weighted by molar-refractivity contribution is 8.11. The van der Waals surface area contributed by atoms with Crippen LogP contribution in [0.25, 0.3) is 0 Å². The van der Waals surface area contributed by atoms with Crippen LogP contribution in [0.5, 0.6) is 11.5 Å². The van der Waals surface area contributed by atoms with Crippen molar-refractivity contribution in [3.05, 3.63) is 82.0 Å². The number of hydrogen-bond acceptors (Lipinski definition) is 8. The number of ether oxygens (including phenoxy) is 2. The van der Waals surface area contributed by atoms with Gasteiger partial charge in [0.2, 0.25) is 11.8 Å². The van der Waals surface area contributed by atoms with Crippen LogP contribution in [0.2, 0.25) is 0 Å². The number of primary amides is 1. The summed E-state index contributed by atoms with van der Waals surface area (Å²) in [5.41, 5.74) is 1.80. The predicted octanol–water partition coefficient (Wildman–Crippen LogP) is 9.54. The Morgan fingerprint density at radius 2 is 1.25 bits per heavy atom. The molecule has 0 aliphatic rings. The molecule has 4 N–H and O–H groups in total. The van der Waals surface area contributed by atoms with E-state index in [0.717, 1.165) is 56.5 Å². The lowest BCUT2D eigenvalue weighted by atomic mass is 10.1. The van der Waals surface area contributed by atoms with Crippen LogP contribution in [-0.4, -0.2) is 66.4 Å². The number of aromatic hydroxyl groups is 1. The van der Waals surface area contributed by atoms with Crippen molar-refractivity contribution in [2.45, 2.75) is 79.2 Å². The maximum atomic E-state index is 12.7. The molecular formula is C35H42F12N2O7S. The molecule has 2 amide bonds. The molecule has 0 aromatic heterocycles. The molecule has 0 aliphatic carbocycles. The Balaban J connectivity index is -0.000000756. The van der Waals surface area contributed by atoms with Crippen LogP contribution in [0.15, 0.2) is 59.7 Å². The Morgan fingerprint density at radius 3 is 1.54 bits per heavy atom. The fraction of sp³-hybridized carbons (Fsp3) is 0.429. The molecule has 0 saturated carbocycles. The molecule has 0 fully saturated rings. The number of carbonyl (C=O) groups is 4. The number of amides is 2. The maximum Gasteiger partial charge on any atom is 0.416 e. The zero-order valence-corrected chi connectivity index (χ0v) is 32.4. The summed E-state index contributed by atoms with van der Waals surface area (Å²) in [5.74, 6) is -3.50. The first kappa shape index (κ1) is 56.6. The van der Waals surface area contributed by atoms with Crippen LogP contribution in [0.1, 0.15) is 68.6 Å².